The molecule has 1 aromatic heterocycles. The van der Waals surface area contributed by atoms with E-state index in [9.17, 15) is 0 Å². The monoisotopic (exact) mass is 243 g/mol. The molecule has 1 aliphatic carbocycles. The molecule has 0 saturated heterocycles. The fourth-order valence-corrected chi connectivity index (χ4v) is 3.13. The molecular weight excluding hydrogens is 222 g/mol. The molecule has 1 heterocycles. The fourth-order valence-electron chi connectivity index (χ4n) is 3.13. The molecule has 1 aliphatic rings. The Bertz CT molecular complexity index is 517. The van der Waals surface area contributed by atoms with Crippen molar-refractivity contribution in [2.75, 3.05) is 5.32 Å². The molecular formula is C15H21N3. The van der Waals surface area contributed by atoms with Crippen LogP contribution in [0.1, 0.15) is 39.0 Å². The van der Waals surface area contributed by atoms with Gasteiger partial charge in [0.05, 0.1) is 11.7 Å². The van der Waals surface area contributed by atoms with Crippen molar-refractivity contribution < 1.29 is 0 Å². The zero-order chi connectivity index (χ0) is 12.4. The maximum Gasteiger partial charge on any atom is 0.0670 e. The Kier molecular flexibility index (Phi) is 3.22. The third-order valence-corrected chi connectivity index (χ3v) is 4.23. The van der Waals surface area contributed by atoms with Gasteiger partial charge in [0.25, 0.3) is 0 Å². The third kappa shape index (κ3) is 2.22. The van der Waals surface area contributed by atoms with Crippen molar-refractivity contribution in [3.05, 3.63) is 24.4 Å². The van der Waals surface area contributed by atoms with Crippen molar-refractivity contribution in [2.24, 2.45) is 5.92 Å². The lowest BCUT2D eigenvalue weighted by molar-refractivity contribution is 0.317. The molecule has 0 bridgehead atoms. The molecule has 0 amide bonds. The van der Waals surface area contributed by atoms with Crippen LogP contribution in [0.15, 0.2) is 24.4 Å². The summed E-state index contributed by atoms with van der Waals surface area (Å²) in [6, 6.07) is 7.11. The van der Waals surface area contributed by atoms with Crippen molar-refractivity contribution in [3.63, 3.8) is 0 Å². The van der Waals surface area contributed by atoms with E-state index in [2.05, 4.69) is 40.6 Å². The first kappa shape index (κ1) is 11.6. The molecule has 3 nitrogen and oxygen atoms in total. The Morgan fingerprint density at radius 2 is 2.22 bits per heavy atom. The molecule has 96 valence electrons. The molecule has 0 spiro atoms. The van der Waals surface area contributed by atoms with Gasteiger partial charge in [0.2, 0.25) is 0 Å². The van der Waals surface area contributed by atoms with Crippen LogP contribution < -0.4 is 5.32 Å². The number of anilines is 1. The maximum atomic E-state index is 4.07. The summed E-state index contributed by atoms with van der Waals surface area (Å²) in [7, 11) is 0. The quantitative estimate of drug-likeness (QED) is 0.857. The average molecular weight is 243 g/mol. The van der Waals surface area contributed by atoms with Gasteiger partial charge in [-0.05, 0) is 37.0 Å². The summed E-state index contributed by atoms with van der Waals surface area (Å²) in [6.07, 6.45) is 8.59. The minimum absolute atomic E-state index is 0.643. The van der Waals surface area contributed by atoms with Crippen LogP contribution in [0.5, 0.6) is 0 Å². The Hall–Kier alpha value is -1.51. The van der Waals surface area contributed by atoms with Crippen molar-refractivity contribution in [2.45, 2.75) is 45.1 Å². The van der Waals surface area contributed by atoms with Crippen LogP contribution in [0, 0.1) is 5.92 Å². The number of nitrogens with one attached hydrogen (secondary N) is 2. The first-order valence-corrected chi connectivity index (χ1v) is 7.06. The van der Waals surface area contributed by atoms with Crippen molar-refractivity contribution in [1.82, 2.24) is 10.2 Å². The van der Waals surface area contributed by atoms with E-state index in [-0.39, 0.29) is 0 Å². The Morgan fingerprint density at radius 3 is 3.11 bits per heavy atom. The van der Waals surface area contributed by atoms with Gasteiger partial charge in [-0.2, -0.15) is 5.10 Å². The van der Waals surface area contributed by atoms with E-state index in [0.29, 0.717) is 6.04 Å². The normalized spacial score (nSPS) is 24.3. The Morgan fingerprint density at radius 1 is 1.33 bits per heavy atom. The van der Waals surface area contributed by atoms with Gasteiger partial charge in [-0.25, -0.2) is 0 Å². The topological polar surface area (TPSA) is 40.7 Å². The van der Waals surface area contributed by atoms with Crippen LogP contribution in [0.2, 0.25) is 0 Å². The minimum atomic E-state index is 0.643. The molecule has 2 unspecified atom stereocenters. The second kappa shape index (κ2) is 5.01. The van der Waals surface area contributed by atoms with Crippen molar-refractivity contribution >= 4 is 16.6 Å². The maximum absolute atomic E-state index is 4.07. The summed E-state index contributed by atoms with van der Waals surface area (Å²) in [5.41, 5.74) is 2.33. The fraction of sp³-hybridized carbons (Fsp3) is 0.533. The number of aromatic nitrogens is 2. The highest BCUT2D eigenvalue weighted by Gasteiger charge is 2.23. The first-order chi connectivity index (χ1) is 8.86. The van der Waals surface area contributed by atoms with Gasteiger partial charge in [-0.15, -0.1) is 0 Å². The van der Waals surface area contributed by atoms with E-state index in [0.717, 1.165) is 11.4 Å². The summed E-state index contributed by atoms with van der Waals surface area (Å²) in [4.78, 5) is 0. The standard InChI is InChI=1S/C15H21N3/c1-2-11-5-3-4-6-14(11)17-13-8-7-12-10-16-18-15(12)9-13/h7-11,14,17H,2-6H2,1H3,(H,16,18). The molecule has 1 fully saturated rings. The summed E-state index contributed by atoms with van der Waals surface area (Å²) in [6.45, 7) is 2.31. The number of fused-ring (bicyclic) bond motifs is 1. The van der Waals surface area contributed by atoms with E-state index < -0.39 is 0 Å². The third-order valence-electron chi connectivity index (χ3n) is 4.23. The molecule has 2 aromatic rings. The van der Waals surface area contributed by atoms with Gasteiger partial charge < -0.3 is 5.32 Å². The average Bonchev–Trinajstić information content (AvgIpc) is 2.87. The van der Waals surface area contributed by atoms with Crippen LogP contribution in [-0.2, 0) is 0 Å². The van der Waals surface area contributed by atoms with Gasteiger partial charge in [0, 0.05) is 17.1 Å². The second-order valence-corrected chi connectivity index (χ2v) is 5.38. The molecule has 3 rings (SSSR count). The molecule has 1 saturated carbocycles. The van der Waals surface area contributed by atoms with Gasteiger partial charge in [-0.3, -0.25) is 5.10 Å². The van der Waals surface area contributed by atoms with Gasteiger partial charge >= 0.3 is 0 Å². The van der Waals surface area contributed by atoms with E-state index in [1.54, 1.807) is 0 Å². The van der Waals surface area contributed by atoms with Gasteiger partial charge in [-0.1, -0.05) is 26.2 Å². The summed E-state index contributed by atoms with van der Waals surface area (Å²) < 4.78 is 0. The molecule has 18 heavy (non-hydrogen) atoms. The summed E-state index contributed by atoms with van der Waals surface area (Å²) in [5, 5.41) is 12.0. The smallest absolute Gasteiger partial charge is 0.0670 e. The molecule has 0 aliphatic heterocycles. The summed E-state index contributed by atoms with van der Waals surface area (Å²) in [5.74, 6) is 0.830. The number of nitrogens with zero attached hydrogens (tertiary/aromatic N) is 1. The van der Waals surface area contributed by atoms with Crippen LogP contribution in [0.4, 0.5) is 5.69 Å². The Balaban J connectivity index is 1.77. The van der Waals surface area contributed by atoms with Gasteiger partial charge in [0.1, 0.15) is 0 Å². The predicted octanol–water partition coefficient (Wildman–Crippen LogP) is 3.94. The largest absolute Gasteiger partial charge is 0.382 e. The zero-order valence-corrected chi connectivity index (χ0v) is 10.9. The number of benzene rings is 1. The van der Waals surface area contributed by atoms with Crippen LogP contribution in [0.25, 0.3) is 10.9 Å². The van der Waals surface area contributed by atoms with E-state index in [1.807, 2.05) is 6.20 Å². The van der Waals surface area contributed by atoms with Crippen LogP contribution in [0.3, 0.4) is 0 Å². The number of rotatable bonds is 3. The number of hydrogen-bond donors (Lipinski definition) is 2. The predicted molar refractivity (Wildman–Crippen MR) is 75.8 cm³/mol. The first-order valence-electron chi connectivity index (χ1n) is 7.06. The Labute approximate surface area is 108 Å². The lowest BCUT2D eigenvalue weighted by Gasteiger charge is -2.32. The molecule has 0 radical (unpaired) electrons. The molecule has 3 heteroatoms. The summed E-state index contributed by atoms with van der Waals surface area (Å²) >= 11 is 0. The van der Waals surface area contributed by atoms with Crippen LogP contribution >= 0.6 is 0 Å². The lowest BCUT2D eigenvalue weighted by Crippen LogP contribution is -2.31. The number of H-pyrrole nitrogens is 1. The minimum Gasteiger partial charge on any atom is -0.382 e. The van der Waals surface area contributed by atoms with Crippen molar-refractivity contribution in [1.29, 1.82) is 0 Å². The van der Waals surface area contributed by atoms with E-state index in [4.69, 9.17) is 0 Å². The second-order valence-electron chi connectivity index (χ2n) is 5.38. The molecule has 2 atom stereocenters. The lowest BCUT2D eigenvalue weighted by atomic mass is 9.83. The molecule has 1 aromatic carbocycles. The SMILES string of the molecule is CCC1CCCCC1Nc1ccc2cn[nH]c2c1. The van der Waals surface area contributed by atoms with Gasteiger partial charge in [0.15, 0.2) is 0 Å². The van der Waals surface area contributed by atoms with Crippen LogP contribution in [-0.4, -0.2) is 16.2 Å². The molecule has 2 N–H and O–H groups in total. The van der Waals surface area contributed by atoms with E-state index >= 15 is 0 Å². The highest BCUT2D eigenvalue weighted by Crippen LogP contribution is 2.29. The number of hydrogen-bond acceptors (Lipinski definition) is 2. The number of aromatic amines is 1. The zero-order valence-electron chi connectivity index (χ0n) is 10.9. The van der Waals surface area contributed by atoms with Crippen molar-refractivity contribution in [3.8, 4) is 0 Å². The highest BCUT2D eigenvalue weighted by atomic mass is 15.1. The van der Waals surface area contributed by atoms with E-state index in [1.165, 1.54) is 43.2 Å². The highest BCUT2D eigenvalue weighted by molar-refractivity contribution is 5.81.